The van der Waals surface area contributed by atoms with Crippen LogP contribution in [-0.4, -0.2) is 96.7 Å². The van der Waals surface area contributed by atoms with Gasteiger partial charge in [-0.3, -0.25) is 37.3 Å². The van der Waals surface area contributed by atoms with Crippen molar-refractivity contribution in [1.29, 1.82) is 0 Å². The van der Waals surface area contributed by atoms with Gasteiger partial charge >= 0.3 is 39.5 Å². The molecule has 0 aromatic carbocycles. The highest BCUT2D eigenvalue weighted by molar-refractivity contribution is 7.47. The summed E-state index contributed by atoms with van der Waals surface area (Å²) in [5, 5.41) is 10.6. The molecule has 0 spiro atoms. The van der Waals surface area contributed by atoms with Gasteiger partial charge in [0.05, 0.1) is 26.4 Å². The molecule has 0 aromatic rings. The molecule has 0 saturated heterocycles. The van der Waals surface area contributed by atoms with Gasteiger partial charge in [0.25, 0.3) is 0 Å². The third-order valence-electron chi connectivity index (χ3n) is 16.4. The molecule has 90 heavy (non-hydrogen) atoms. The fourth-order valence-electron chi connectivity index (χ4n) is 10.7. The van der Waals surface area contributed by atoms with Crippen LogP contribution in [0.4, 0.5) is 0 Å². The first-order chi connectivity index (χ1) is 43.2. The van der Waals surface area contributed by atoms with Gasteiger partial charge < -0.3 is 33.8 Å². The molecule has 5 atom stereocenters. The van der Waals surface area contributed by atoms with Crippen molar-refractivity contribution in [2.45, 2.75) is 375 Å². The molecule has 0 bridgehead atoms. The first-order valence-corrected chi connectivity index (χ1v) is 39.8. The number of phosphoric ester groups is 2. The summed E-state index contributed by atoms with van der Waals surface area (Å²) >= 11 is 0. The molecule has 0 aliphatic carbocycles. The van der Waals surface area contributed by atoms with E-state index in [0.29, 0.717) is 31.6 Å². The Morgan fingerprint density at radius 3 is 0.756 bits per heavy atom. The van der Waals surface area contributed by atoms with Crippen LogP contribution in [0.3, 0.4) is 0 Å². The van der Waals surface area contributed by atoms with Crippen LogP contribution in [0.25, 0.3) is 0 Å². The molecule has 0 fully saturated rings. The van der Waals surface area contributed by atoms with Crippen molar-refractivity contribution in [2.75, 3.05) is 39.6 Å². The van der Waals surface area contributed by atoms with E-state index in [9.17, 15) is 43.2 Å². The van der Waals surface area contributed by atoms with E-state index in [0.717, 1.165) is 102 Å². The molecule has 2 unspecified atom stereocenters. The zero-order valence-electron chi connectivity index (χ0n) is 58.6. The Labute approximate surface area is 549 Å². The smallest absolute Gasteiger partial charge is 0.462 e. The topological polar surface area (TPSA) is 237 Å². The van der Waals surface area contributed by atoms with E-state index in [1.165, 1.54) is 167 Å². The van der Waals surface area contributed by atoms with Gasteiger partial charge in [-0.15, -0.1) is 0 Å². The Bertz CT molecular complexity index is 1770. The lowest BCUT2D eigenvalue weighted by molar-refractivity contribution is -0.161. The van der Waals surface area contributed by atoms with Crippen LogP contribution >= 0.6 is 15.6 Å². The van der Waals surface area contributed by atoms with Gasteiger partial charge in [0.1, 0.15) is 19.3 Å². The number of carbonyl (C=O) groups is 4. The van der Waals surface area contributed by atoms with E-state index >= 15 is 0 Å². The van der Waals surface area contributed by atoms with Gasteiger partial charge in [0.15, 0.2) is 12.2 Å². The zero-order valence-corrected chi connectivity index (χ0v) is 60.4. The van der Waals surface area contributed by atoms with E-state index in [1.807, 2.05) is 0 Å². The van der Waals surface area contributed by atoms with Crippen molar-refractivity contribution in [2.24, 2.45) is 17.8 Å². The molecule has 0 radical (unpaired) electrons. The fourth-order valence-corrected chi connectivity index (χ4v) is 12.3. The number of ether oxygens (including phenoxy) is 4. The van der Waals surface area contributed by atoms with Gasteiger partial charge in [-0.25, -0.2) is 9.13 Å². The van der Waals surface area contributed by atoms with Gasteiger partial charge in [0.2, 0.25) is 0 Å². The number of esters is 4. The molecule has 3 N–H and O–H groups in total. The lowest BCUT2D eigenvalue weighted by Crippen LogP contribution is -2.30. The third kappa shape index (κ3) is 64.8. The molecule has 0 saturated carbocycles. The first-order valence-electron chi connectivity index (χ1n) is 36.8. The van der Waals surface area contributed by atoms with Crippen LogP contribution in [0.2, 0.25) is 0 Å². The monoisotopic (exact) mass is 1320 g/mol. The van der Waals surface area contributed by atoms with E-state index < -0.39 is 97.5 Å². The van der Waals surface area contributed by atoms with E-state index in [1.54, 1.807) is 0 Å². The lowest BCUT2D eigenvalue weighted by Gasteiger charge is -2.21. The standard InChI is InChI=1S/C71H138O17P2/c1-8-9-10-11-12-22-31-38-45-52-68(73)81-59-67(88-71(76)55-48-41-34-27-30-37-44-51-64(6)7)61-86-90(79,80)84-57-65(72)56-83-89(77,78)85-60-66(58-82-69(74)53-46-39-32-25-21-20-24-29-36-43-50-63(4)5)87-70(75)54-47-40-33-26-19-17-15-13-14-16-18-23-28-35-42-49-62(2)3/h62-67,72H,8-61H2,1-7H3,(H,77,78)(H,79,80)/t65-,66-,67-/m1/s1. The predicted octanol–water partition coefficient (Wildman–Crippen LogP) is 20.2. The van der Waals surface area contributed by atoms with Crippen LogP contribution in [-0.2, 0) is 65.4 Å². The number of aliphatic hydroxyl groups is 1. The summed E-state index contributed by atoms with van der Waals surface area (Å²) in [4.78, 5) is 72.5. The number of hydrogen-bond acceptors (Lipinski definition) is 15. The highest BCUT2D eigenvalue weighted by Crippen LogP contribution is 2.45. The summed E-state index contributed by atoms with van der Waals surface area (Å²) in [6, 6.07) is 0. The summed E-state index contributed by atoms with van der Waals surface area (Å²) in [5.74, 6) is 0.129. The Hall–Kier alpha value is -1.94. The number of carbonyl (C=O) groups excluding carboxylic acids is 4. The second kappa shape index (κ2) is 61.9. The minimum Gasteiger partial charge on any atom is -0.462 e. The summed E-state index contributed by atoms with van der Waals surface area (Å²) < 4.78 is 68.3. The second-order valence-corrected chi connectivity index (χ2v) is 30.0. The minimum absolute atomic E-state index is 0.103. The largest absolute Gasteiger partial charge is 0.472 e. The molecule has 0 heterocycles. The molecule has 0 amide bonds. The van der Waals surface area contributed by atoms with E-state index in [4.69, 9.17) is 37.0 Å². The molecule has 17 nitrogen and oxygen atoms in total. The van der Waals surface area contributed by atoms with Crippen molar-refractivity contribution >= 4 is 39.5 Å². The van der Waals surface area contributed by atoms with E-state index in [-0.39, 0.29) is 25.7 Å². The molecular formula is C71H138O17P2. The normalized spacial score (nSPS) is 14.2. The quantitative estimate of drug-likeness (QED) is 0.0222. The number of unbranched alkanes of at least 4 members (excludes halogenated alkanes) is 37. The summed E-state index contributed by atoms with van der Waals surface area (Å²) in [6.07, 6.45) is 45.9. The average molecular weight is 1330 g/mol. The molecule has 0 rings (SSSR count). The van der Waals surface area contributed by atoms with Crippen molar-refractivity contribution in [3.63, 3.8) is 0 Å². The van der Waals surface area contributed by atoms with Crippen LogP contribution in [0.15, 0.2) is 0 Å². The summed E-state index contributed by atoms with van der Waals surface area (Å²) in [6.45, 7) is 11.8. The van der Waals surface area contributed by atoms with Crippen molar-refractivity contribution in [3.8, 4) is 0 Å². The Morgan fingerprint density at radius 1 is 0.300 bits per heavy atom. The SMILES string of the molecule is CCCCCCCCCCCC(=O)OC[C@H](COP(=O)(O)OC[C@H](O)COP(=O)(O)OC[C@@H](COC(=O)CCCCCCCCCCCCC(C)C)OC(=O)CCCCCCCCCCCCCCCCCC(C)C)OC(=O)CCCCCCCCCC(C)C. The average Bonchev–Trinajstić information content (AvgIpc) is 2.85. The maximum Gasteiger partial charge on any atom is 0.472 e. The molecule has 19 heteroatoms. The highest BCUT2D eigenvalue weighted by atomic mass is 31.2. The number of aliphatic hydroxyl groups excluding tert-OH is 1. The van der Waals surface area contributed by atoms with Gasteiger partial charge in [-0.1, -0.05) is 305 Å². The number of rotatable bonds is 69. The molecular weight excluding hydrogens is 1190 g/mol. The first kappa shape index (κ1) is 88.1. The molecule has 0 aliphatic rings. The Morgan fingerprint density at radius 2 is 0.511 bits per heavy atom. The highest BCUT2D eigenvalue weighted by Gasteiger charge is 2.30. The second-order valence-electron chi connectivity index (χ2n) is 27.1. The van der Waals surface area contributed by atoms with Crippen LogP contribution in [0, 0.1) is 17.8 Å². The maximum absolute atomic E-state index is 13.0. The van der Waals surface area contributed by atoms with Crippen LogP contribution < -0.4 is 0 Å². The summed E-state index contributed by atoms with van der Waals surface area (Å²) in [7, 11) is -9.90. The third-order valence-corrected chi connectivity index (χ3v) is 18.3. The fraction of sp³-hybridized carbons (Fsp3) is 0.944. The zero-order chi connectivity index (χ0) is 66.6. The van der Waals surface area contributed by atoms with Crippen molar-refractivity contribution in [1.82, 2.24) is 0 Å². The molecule has 534 valence electrons. The lowest BCUT2D eigenvalue weighted by atomic mass is 10.0. The number of hydrogen-bond donors (Lipinski definition) is 3. The van der Waals surface area contributed by atoms with Crippen molar-refractivity contribution < 1.29 is 80.2 Å². The minimum atomic E-state index is -4.95. The molecule has 0 aromatic heterocycles. The molecule has 0 aliphatic heterocycles. The van der Waals surface area contributed by atoms with Crippen LogP contribution in [0.5, 0.6) is 0 Å². The summed E-state index contributed by atoms with van der Waals surface area (Å²) in [5.41, 5.74) is 0. The van der Waals surface area contributed by atoms with Gasteiger partial charge in [-0.2, -0.15) is 0 Å². The Kier molecular flexibility index (Phi) is 60.6. The van der Waals surface area contributed by atoms with Gasteiger partial charge in [0, 0.05) is 25.7 Å². The Balaban J connectivity index is 5.22. The number of phosphoric acid groups is 2. The predicted molar refractivity (Wildman–Crippen MR) is 363 cm³/mol. The van der Waals surface area contributed by atoms with Crippen LogP contribution in [0.1, 0.15) is 357 Å². The van der Waals surface area contributed by atoms with E-state index in [2.05, 4.69) is 48.5 Å². The maximum atomic E-state index is 13.0. The van der Waals surface area contributed by atoms with Gasteiger partial charge in [-0.05, 0) is 43.4 Å². The van der Waals surface area contributed by atoms with Crippen molar-refractivity contribution in [3.05, 3.63) is 0 Å².